The van der Waals surface area contributed by atoms with Gasteiger partial charge in [-0.1, -0.05) is 12.1 Å². The summed E-state index contributed by atoms with van der Waals surface area (Å²) in [5, 5.41) is 0. The number of carbonyl (C=O) groups is 1. The Labute approximate surface area is 148 Å². The summed E-state index contributed by atoms with van der Waals surface area (Å²) in [4.78, 5) is 18.1. The molecule has 1 aromatic rings. The Bertz CT molecular complexity index is 745. The van der Waals surface area contributed by atoms with Crippen LogP contribution in [0, 0.1) is 19.7 Å². The maximum absolute atomic E-state index is 14.0. The number of amides is 1. The number of hydrogen-bond acceptors (Lipinski definition) is 3. The van der Waals surface area contributed by atoms with Gasteiger partial charge in [0.05, 0.1) is 6.04 Å². The van der Waals surface area contributed by atoms with Crippen molar-refractivity contribution in [3.63, 3.8) is 0 Å². The van der Waals surface area contributed by atoms with Gasteiger partial charge in [0.1, 0.15) is 5.82 Å². The summed E-state index contributed by atoms with van der Waals surface area (Å²) in [5.41, 5.74) is 11.7. The first-order chi connectivity index (χ1) is 11.8. The highest BCUT2D eigenvalue weighted by Gasteiger charge is 2.36. The van der Waals surface area contributed by atoms with E-state index in [1.165, 1.54) is 0 Å². The van der Waals surface area contributed by atoms with E-state index in [4.69, 9.17) is 10.7 Å². The number of benzene rings is 1. The molecule has 0 bridgehead atoms. The highest BCUT2D eigenvalue weighted by atomic mass is 19.1. The zero-order valence-corrected chi connectivity index (χ0v) is 15.3. The summed E-state index contributed by atoms with van der Waals surface area (Å²) in [7, 11) is 0. The number of nitrogens with zero attached hydrogens (tertiary/aromatic N) is 2. The maximum atomic E-state index is 14.0. The minimum atomic E-state index is -0.160. The Morgan fingerprint density at radius 1 is 1.28 bits per heavy atom. The van der Waals surface area contributed by atoms with Gasteiger partial charge >= 0.3 is 0 Å². The van der Waals surface area contributed by atoms with E-state index < -0.39 is 0 Å². The third-order valence-electron chi connectivity index (χ3n) is 5.56. The van der Waals surface area contributed by atoms with E-state index in [-0.39, 0.29) is 23.8 Å². The largest absolute Gasteiger partial charge is 0.401 e. The van der Waals surface area contributed by atoms with Crippen LogP contribution >= 0.6 is 0 Å². The molecule has 1 fully saturated rings. The molecule has 134 valence electrons. The van der Waals surface area contributed by atoms with Crippen molar-refractivity contribution in [1.82, 2.24) is 4.90 Å². The number of hydrogen-bond donors (Lipinski definition) is 1. The van der Waals surface area contributed by atoms with Gasteiger partial charge in [0.2, 0.25) is 6.41 Å². The molecule has 0 saturated carbocycles. The number of aryl methyl sites for hydroxylation is 2. The van der Waals surface area contributed by atoms with Crippen LogP contribution in [0.3, 0.4) is 0 Å². The zero-order chi connectivity index (χ0) is 18.3. The quantitative estimate of drug-likeness (QED) is 0.838. The minimum Gasteiger partial charge on any atom is -0.401 e. The highest BCUT2D eigenvalue weighted by Crippen LogP contribution is 2.36. The van der Waals surface area contributed by atoms with Gasteiger partial charge < -0.3 is 10.6 Å². The summed E-state index contributed by atoms with van der Waals surface area (Å²) in [6, 6.07) is 3.80. The van der Waals surface area contributed by atoms with Crippen LogP contribution in [-0.4, -0.2) is 35.7 Å². The minimum absolute atomic E-state index is 0.00129. The van der Waals surface area contributed by atoms with Crippen LogP contribution in [0.4, 0.5) is 4.39 Å². The topological polar surface area (TPSA) is 58.7 Å². The summed E-state index contributed by atoms with van der Waals surface area (Å²) in [5.74, 6) is -0.161. The fourth-order valence-electron chi connectivity index (χ4n) is 4.22. The first kappa shape index (κ1) is 17.6. The Kier molecular flexibility index (Phi) is 4.67. The van der Waals surface area contributed by atoms with Gasteiger partial charge in [0, 0.05) is 41.9 Å². The molecule has 0 spiro atoms. The van der Waals surface area contributed by atoms with Crippen LogP contribution in [0.1, 0.15) is 49.3 Å². The van der Waals surface area contributed by atoms with Crippen LogP contribution < -0.4 is 5.73 Å². The van der Waals surface area contributed by atoms with E-state index in [1.54, 1.807) is 13.8 Å². The number of piperidine rings is 1. The molecule has 2 aliphatic rings. The molecule has 5 heteroatoms. The molecule has 1 unspecified atom stereocenters. The number of fused-ring (bicyclic) bond motifs is 1. The average molecular weight is 343 g/mol. The van der Waals surface area contributed by atoms with E-state index in [0.717, 1.165) is 41.8 Å². The number of rotatable bonds is 2. The molecule has 0 aliphatic carbocycles. The Balaban J connectivity index is 2.09. The Hall–Kier alpha value is -2.17. The number of halogens is 1. The molecule has 2 N–H and O–H groups in total. The van der Waals surface area contributed by atoms with Crippen molar-refractivity contribution in [2.75, 3.05) is 6.54 Å². The molecular formula is C20H26FN3O. The van der Waals surface area contributed by atoms with Crippen molar-refractivity contribution >= 4 is 12.1 Å². The van der Waals surface area contributed by atoms with Crippen molar-refractivity contribution in [1.29, 1.82) is 0 Å². The van der Waals surface area contributed by atoms with Crippen LogP contribution in [0.5, 0.6) is 0 Å². The lowest BCUT2D eigenvalue weighted by Gasteiger charge is -2.39. The van der Waals surface area contributed by atoms with Crippen LogP contribution in [-0.2, 0) is 4.79 Å². The lowest BCUT2D eigenvalue weighted by atomic mass is 9.83. The van der Waals surface area contributed by atoms with Crippen LogP contribution in [0.15, 0.2) is 28.4 Å². The molecule has 4 nitrogen and oxygen atoms in total. The van der Waals surface area contributed by atoms with E-state index in [9.17, 15) is 9.18 Å². The summed E-state index contributed by atoms with van der Waals surface area (Å²) in [6.45, 7) is 8.31. The fourth-order valence-corrected chi connectivity index (χ4v) is 4.22. The maximum Gasteiger partial charge on any atom is 0.210 e. The van der Waals surface area contributed by atoms with E-state index in [0.29, 0.717) is 17.7 Å². The summed E-state index contributed by atoms with van der Waals surface area (Å²) < 4.78 is 14.0. The lowest BCUT2D eigenvalue weighted by Crippen LogP contribution is -2.48. The molecule has 0 aromatic heterocycles. The third kappa shape index (κ3) is 2.96. The summed E-state index contributed by atoms with van der Waals surface area (Å²) in [6.07, 6.45) is 2.43. The van der Waals surface area contributed by atoms with Gasteiger partial charge in [0.15, 0.2) is 0 Å². The number of likely N-dealkylation sites (tertiary alicyclic amines) is 1. The molecule has 1 saturated heterocycles. The van der Waals surface area contributed by atoms with Crippen LogP contribution in [0.2, 0.25) is 0 Å². The Morgan fingerprint density at radius 2 is 1.92 bits per heavy atom. The Morgan fingerprint density at radius 3 is 2.52 bits per heavy atom. The summed E-state index contributed by atoms with van der Waals surface area (Å²) >= 11 is 0. The molecule has 2 aliphatic heterocycles. The van der Waals surface area contributed by atoms with Crippen molar-refractivity contribution in [3.05, 3.63) is 45.9 Å². The molecule has 25 heavy (non-hydrogen) atoms. The highest BCUT2D eigenvalue weighted by molar-refractivity contribution is 6.03. The van der Waals surface area contributed by atoms with Gasteiger partial charge in [-0.05, 0) is 50.8 Å². The predicted octanol–water partition coefficient (Wildman–Crippen LogP) is 3.22. The van der Waals surface area contributed by atoms with E-state index in [1.807, 2.05) is 30.9 Å². The zero-order valence-electron chi connectivity index (χ0n) is 15.3. The lowest BCUT2D eigenvalue weighted by molar-refractivity contribution is -0.121. The number of nitrogens with two attached hydrogens (primary N) is 1. The molecule has 2 heterocycles. The third-order valence-corrected chi connectivity index (χ3v) is 5.56. The number of allylic oxidation sites excluding steroid dienone is 1. The second kappa shape index (κ2) is 6.62. The molecular weight excluding hydrogens is 317 g/mol. The van der Waals surface area contributed by atoms with Crippen molar-refractivity contribution in [3.8, 4) is 0 Å². The van der Waals surface area contributed by atoms with Gasteiger partial charge in [-0.15, -0.1) is 0 Å². The van der Waals surface area contributed by atoms with Crippen molar-refractivity contribution in [2.24, 2.45) is 10.7 Å². The van der Waals surface area contributed by atoms with Gasteiger partial charge in [-0.25, -0.2) is 4.39 Å². The molecule has 3 rings (SSSR count). The van der Waals surface area contributed by atoms with Gasteiger partial charge in [-0.3, -0.25) is 9.79 Å². The average Bonchev–Trinajstić information content (AvgIpc) is 2.71. The molecule has 1 aromatic carbocycles. The predicted molar refractivity (Wildman–Crippen MR) is 98.2 cm³/mol. The second-order valence-corrected chi connectivity index (χ2v) is 7.29. The van der Waals surface area contributed by atoms with Crippen molar-refractivity contribution < 1.29 is 9.18 Å². The van der Waals surface area contributed by atoms with Gasteiger partial charge in [-0.2, -0.15) is 0 Å². The monoisotopic (exact) mass is 343 g/mol. The molecule has 0 radical (unpaired) electrons. The van der Waals surface area contributed by atoms with Crippen molar-refractivity contribution in [2.45, 2.75) is 58.5 Å². The van der Waals surface area contributed by atoms with Gasteiger partial charge in [0.25, 0.3) is 0 Å². The smallest absolute Gasteiger partial charge is 0.210 e. The molecule has 3 atom stereocenters. The van der Waals surface area contributed by atoms with E-state index in [2.05, 4.69) is 0 Å². The fraction of sp³-hybridized carbons (Fsp3) is 0.500. The van der Waals surface area contributed by atoms with E-state index >= 15 is 0 Å². The number of aliphatic imine (C=N–C) groups is 1. The normalized spacial score (nSPS) is 26.8. The van der Waals surface area contributed by atoms with Crippen LogP contribution in [0.25, 0.3) is 0 Å². The molecule has 1 amide bonds. The SMILES string of the molecule is Cc1cc([C@@H]2CCN=C3CC(C)N(C=O)[C@@H](C)C3=C2N)cc(C)c1F. The standard InChI is InChI=1S/C20H26FN3O/c1-11-7-15(8-12(2)19(11)21)16-5-6-23-17-9-13(3)24(10-25)14(4)18(17)20(16)22/h7-8,10,13-14,16H,5-6,9,22H2,1-4H3/t13?,14-,16-/m0/s1. The first-order valence-electron chi connectivity index (χ1n) is 8.87. The first-order valence-corrected chi connectivity index (χ1v) is 8.87. The second-order valence-electron chi connectivity index (χ2n) is 7.29. The number of carbonyl (C=O) groups excluding carboxylic acids is 1.